The first-order valence-electron chi connectivity index (χ1n) is 5.49. The summed E-state index contributed by atoms with van der Waals surface area (Å²) < 4.78 is 18.0. The van der Waals surface area contributed by atoms with Gasteiger partial charge in [0.15, 0.2) is 0 Å². The minimum absolute atomic E-state index is 0.0853. The van der Waals surface area contributed by atoms with E-state index in [2.05, 4.69) is 0 Å². The van der Waals surface area contributed by atoms with E-state index in [1.54, 1.807) is 0 Å². The van der Waals surface area contributed by atoms with Gasteiger partial charge < -0.3 is 14.7 Å². The second kappa shape index (κ2) is 5.24. The molecule has 1 aromatic rings. The van der Waals surface area contributed by atoms with Gasteiger partial charge in [-0.25, -0.2) is 4.39 Å². The van der Waals surface area contributed by atoms with Gasteiger partial charge in [0, 0.05) is 6.54 Å². The van der Waals surface area contributed by atoms with Crippen molar-refractivity contribution in [3.05, 3.63) is 29.6 Å². The van der Waals surface area contributed by atoms with Crippen molar-refractivity contribution in [1.29, 1.82) is 0 Å². The van der Waals surface area contributed by atoms with Gasteiger partial charge in [0.05, 0.1) is 31.1 Å². The smallest absolute Gasteiger partial charge is 0.299 e. The average molecular weight is 253 g/mol. The molecular formula is C12H12FNO4. The molecule has 96 valence electrons. The Morgan fingerprint density at radius 2 is 2.06 bits per heavy atom. The van der Waals surface area contributed by atoms with Gasteiger partial charge in [0.2, 0.25) is 0 Å². The maximum atomic E-state index is 13.0. The number of anilines is 1. The van der Waals surface area contributed by atoms with E-state index < -0.39 is 17.5 Å². The summed E-state index contributed by atoms with van der Waals surface area (Å²) in [7, 11) is 0. The predicted octanol–water partition coefficient (Wildman–Crippen LogP) is 0.364. The lowest BCUT2D eigenvalue weighted by molar-refractivity contribution is -0.114. The minimum atomic E-state index is -0.702. The molecule has 1 N–H and O–H groups in total. The fourth-order valence-electron chi connectivity index (χ4n) is 1.82. The number of nitrogens with zero attached hydrogens (tertiary/aromatic N) is 1. The molecule has 0 radical (unpaired) electrons. The van der Waals surface area contributed by atoms with E-state index in [1.807, 2.05) is 0 Å². The number of aliphatic hydroxyl groups excluding tert-OH is 1. The fourth-order valence-corrected chi connectivity index (χ4v) is 1.82. The Balaban J connectivity index is 2.13. The summed E-state index contributed by atoms with van der Waals surface area (Å²) >= 11 is 0. The van der Waals surface area contributed by atoms with Crippen LogP contribution >= 0.6 is 0 Å². The number of rotatable bonds is 5. The van der Waals surface area contributed by atoms with Crippen molar-refractivity contribution in [3.63, 3.8) is 0 Å². The molecule has 1 aliphatic rings. The molecule has 0 saturated heterocycles. The second-order valence-corrected chi connectivity index (χ2v) is 3.78. The molecule has 1 aliphatic heterocycles. The van der Waals surface area contributed by atoms with Crippen LogP contribution < -0.4 is 4.90 Å². The molecule has 0 unspecified atom stereocenters. The highest BCUT2D eigenvalue weighted by atomic mass is 19.1. The first kappa shape index (κ1) is 12.7. The van der Waals surface area contributed by atoms with Crippen LogP contribution in [0, 0.1) is 5.82 Å². The van der Waals surface area contributed by atoms with Gasteiger partial charge in [-0.15, -0.1) is 0 Å². The van der Waals surface area contributed by atoms with Crippen LogP contribution in [-0.2, 0) is 9.53 Å². The van der Waals surface area contributed by atoms with Gasteiger partial charge in [-0.3, -0.25) is 9.59 Å². The van der Waals surface area contributed by atoms with Gasteiger partial charge in [-0.05, 0) is 18.2 Å². The Morgan fingerprint density at radius 1 is 1.28 bits per heavy atom. The van der Waals surface area contributed by atoms with Crippen LogP contribution in [0.3, 0.4) is 0 Å². The van der Waals surface area contributed by atoms with Crippen molar-refractivity contribution < 1.29 is 23.8 Å². The lowest BCUT2D eigenvalue weighted by Crippen LogP contribution is -2.33. The van der Waals surface area contributed by atoms with Crippen molar-refractivity contribution >= 4 is 17.4 Å². The molecule has 0 saturated carbocycles. The van der Waals surface area contributed by atoms with Crippen LogP contribution in [0.5, 0.6) is 0 Å². The molecule has 0 atom stereocenters. The topological polar surface area (TPSA) is 66.8 Å². The quantitative estimate of drug-likeness (QED) is 0.608. The second-order valence-electron chi connectivity index (χ2n) is 3.78. The van der Waals surface area contributed by atoms with Gasteiger partial charge in [0.25, 0.3) is 11.7 Å². The van der Waals surface area contributed by atoms with Crippen molar-refractivity contribution in [2.75, 3.05) is 31.3 Å². The number of hydrogen-bond acceptors (Lipinski definition) is 4. The highest BCUT2D eigenvalue weighted by Gasteiger charge is 2.35. The molecular weight excluding hydrogens is 241 g/mol. The lowest BCUT2D eigenvalue weighted by atomic mass is 10.1. The summed E-state index contributed by atoms with van der Waals surface area (Å²) in [5.41, 5.74) is 0.487. The summed E-state index contributed by atoms with van der Waals surface area (Å²) in [4.78, 5) is 24.6. The molecule has 1 aromatic carbocycles. The molecule has 0 aromatic heterocycles. The van der Waals surface area contributed by atoms with Crippen molar-refractivity contribution in [2.45, 2.75) is 0 Å². The largest absolute Gasteiger partial charge is 0.394 e. The van der Waals surface area contributed by atoms with Crippen molar-refractivity contribution in [2.24, 2.45) is 0 Å². The Labute approximate surface area is 103 Å². The van der Waals surface area contributed by atoms with Gasteiger partial charge >= 0.3 is 0 Å². The highest BCUT2D eigenvalue weighted by Crippen LogP contribution is 2.29. The molecule has 0 bridgehead atoms. The van der Waals surface area contributed by atoms with Crippen LogP contribution in [0.15, 0.2) is 18.2 Å². The van der Waals surface area contributed by atoms with Crippen LogP contribution in [0.2, 0.25) is 0 Å². The molecule has 1 heterocycles. The van der Waals surface area contributed by atoms with Gasteiger partial charge in [-0.2, -0.15) is 0 Å². The van der Waals surface area contributed by atoms with E-state index in [1.165, 1.54) is 17.0 Å². The maximum absolute atomic E-state index is 13.0. The Hall–Kier alpha value is -1.79. The zero-order valence-corrected chi connectivity index (χ0v) is 9.56. The number of halogens is 1. The van der Waals surface area contributed by atoms with Gasteiger partial charge in [0.1, 0.15) is 5.82 Å². The fraction of sp³-hybridized carbons (Fsp3) is 0.333. The standard InChI is InChI=1S/C12H12FNO4/c13-8-1-2-10-9(7-8)11(16)12(17)14(10)3-5-18-6-4-15/h1-2,7,15H,3-6H2. The number of aliphatic hydroxyl groups is 1. The minimum Gasteiger partial charge on any atom is -0.394 e. The summed E-state index contributed by atoms with van der Waals surface area (Å²) in [6, 6.07) is 3.66. The zero-order valence-electron chi connectivity index (χ0n) is 9.56. The SMILES string of the molecule is O=C1C(=O)N(CCOCCO)c2ccc(F)cc21. The maximum Gasteiger partial charge on any atom is 0.299 e. The first-order valence-corrected chi connectivity index (χ1v) is 5.49. The number of fused-ring (bicyclic) bond motifs is 1. The van der Waals surface area contributed by atoms with Crippen molar-refractivity contribution in [3.8, 4) is 0 Å². The van der Waals surface area contributed by atoms with E-state index in [0.717, 1.165) is 6.07 Å². The number of Topliss-reactive ketones (excluding diaryl/α,β-unsaturated/α-hetero) is 1. The molecule has 2 rings (SSSR count). The number of carbonyl (C=O) groups is 2. The molecule has 1 amide bonds. The summed E-state index contributed by atoms with van der Waals surface area (Å²) in [5, 5.41) is 8.54. The number of benzene rings is 1. The highest BCUT2D eigenvalue weighted by molar-refractivity contribution is 6.52. The number of amides is 1. The lowest BCUT2D eigenvalue weighted by Gasteiger charge is -2.16. The summed E-state index contributed by atoms with van der Waals surface area (Å²) in [6.45, 7) is 0.473. The molecule has 6 heteroatoms. The predicted molar refractivity (Wildman–Crippen MR) is 61.0 cm³/mol. The average Bonchev–Trinajstić information content (AvgIpc) is 2.59. The van der Waals surface area contributed by atoms with E-state index in [4.69, 9.17) is 9.84 Å². The van der Waals surface area contributed by atoms with Gasteiger partial charge in [-0.1, -0.05) is 0 Å². The Bertz CT molecular complexity index is 489. The molecule has 5 nitrogen and oxygen atoms in total. The number of hydrogen-bond donors (Lipinski definition) is 1. The Kier molecular flexibility index (Phi) is 3.69. The zero-order chi connectivity index (χ0) is 13.1. The van der Waals surface area contributed by atoms with E-state index in [0.29, 0.717) is 5.69 Å². The number of ether oxygens (including phenoxy) is 1. The van der Waals surface area contributed by atoms with E-state index >= 15 is 0 Å². The third kappa shape index (κ3) is 2.25. The van der Waals surface area contributed by atoms with Crippen LogP contribution in [0.25, 0.3) is 0 Å². The van der Waals surface area contributed by atoms with E-state index in [-0.39, 0.29) is 31.9 Å². The molecule has 18 heavy (non-hydrogen) atoms. The van der Waals surface area contributed by atoms with Crippen LogP contribution in [0.1, 0.15) is 10.4 Å². The molecule has 0 spiro atoms. The van der Waals surface area contributed by atoms with Crippen LogP contribution in [-0.4, -0.2) is 43.2 Å². The molecule has 0 fully saturated rings. The Morgan fingerprint density at radius 3 is 2.78 bits per heavy atom. The molecule has 0 aliphatic carbocycles. The van der Waals surface area contributed by atoms with Crippen molar-refractivity contribution in [1.82, 2.24) is 0 Å². The van der Waals surface area contributed by atoms with E-state index in [9.17, 15) is 14.0 Å². The third-order valence-electron chi connectivity index (χ3n) is 2.63. The number of carbonyl (C=O) groups excluding carboxylic acids is 2. The monoisotopic (exact) mass is 253 g/mol. The summed E-state index contributed by atoms with van der Waals surface area (Å²) in [6.07, 6.45) is 0. The summed E-state index contributed by atoms with van der Waals surface area (Å²) in [5.74, 6) is -1.93. The third-order valence-corrected chi connectivity index (χ3v) is 2.63. The number of ketones is 1. The van der Waals surface area contributed by atoms with Crippen LogP contribution in [0.4, 0.5) is 10.1 Å². The first-order chi connectivity index (χ1) is 8.65. The normalized spacial score (nSPS) is 14.2.